The molecule has 0 saturated carbocycles. The molecule has 0 spiro atoms. The molecule has 5 nitrogen and oxygen atoms in total. The topological polar surface area (TPSA) is 71.5 Å². The first kappa shape index (κ1) is 14.4. The number of aromatic nitrogens is 1. The summed E-state index contributed by atoms with van der Waals surface area (Å²) in [5.74, 6) is -0.170. The Morgan fingerprint density at radius 1 is 1.74 bits per heavy atom. The van der Waals surface area contributed by atoms with E-state index in [0.29, 0.717) is 17.8 Å². The van der Waals surface area contributed by atoms with Crippen LogP contribution >= 0.6 is 11.3 Å². The van der Waals surface area contributed by atoms with E-state index < -0.39 is 6.10 Å². The predicted molar refractivity (Wildman–Crippen MR) is 73.3 cm³/mol. The minimum Gasteiger partial charge on any atom is -0.391 e. The van der Waals surface area contributed by atoms with Gasteiger partial charge in [-0.05, 0) is 19.3 Å². The summed E-state index contributed by atoms with van der Waals surface area (Å²) in [6.45, 7) is 3.07. The Kier molecular flexibility index (Phi) is 5.30. The molecular weight excluding hydrogens is 264 g/mol. The van der Waals surface area contributed by atoms with E-state index in [1.165, 1.54) is 11.3 Å². The van der Waals surface area contributed by atoms with Gasteiger partial charge >= 0.3 is 0 Å². The van der Waals surface area contributed by atoms with Crippen LogP contribution in [0.15, 0.2) is 6.20 Å². The summed E-state index contributed by atoms with van der Waals surface area (Å²) in [5.41, 5.74) is 0. The zero-order chi connectivity index (χ0) is 13.7. The number of hydrogen-bond donors (Lipinski definition) is 2. The number of hydrogen-bond acceptors (Lipinski definition) is 5. The van der Waals surface area contributed by atoms with Crippen LogP contribution < -0.4 is 5.32 Å². The molecule has 2 atom stereocenters. The summed E-state index contributed by atoms with van der Waals surface area (Å²) >= 11 is 1.37. The molecule has 1 fully saturated rings. The first-order valence-corrected chi connectivity index (χ1v) is 7.56. The van der Waals surface area contributed by atoms with Crippen molar-refractivity contribution in [2.45, 2.75) is 44.8 Å². The fraction of sp³-hybridized carbons (Fsp3) is 0.692. The molecule has 1 aromatic rings. The fourth-order valence-corrected chi connectivity index (χ4v) is 2.97. The van der Waals surface area contributed by atoms with Gasteiger partial charge in [0.2, 0.25) is 0 Å². The molecule has 19 heavy (non-hydrogen) atoms. The van der Waals surface area contributed by atoms with Gasteiger partial charge in [0.05, 0.1) is 12.3 Å². The van der Waals surface area contributed by atoms with E-state index in [2.05, 4.69) is 10.3 Å². The molecule has 6 heteroatoms. The van der Waals surface area contributed by atoms with E-state index in [1.807, 2.05) is 6.92 Å². The number of nitrogens with one attached hydrogen (secondary N) is 1. The number of nitrogens with zero attached hydrogens (tertiary/aromatic N) is 1. The third-order valence-electron chi connectivity index (χ3n) is 3.07. The molecule has 2 rings (SSSR count). The minimum atomic E-state index is -0.473. The van der Waals surface area contributed by atoms with E-state index in [4.69, 9.17) is 4.74 Å². The number of amides is 1. The molecule has 0 radical (unpaired) electrons. The van der Waals surface area contributed by atoms with Gasteiger partial charge in [0.1, 0.15) is 16.0 Å². The van der Waals surface area contributed by atoms with Crippen molar-refractivity contribution in [2.24, 2.45) is 0 Å². The van der Waals surface area contributed by atoms with Crippen molar-refractivity contribution >= 4 is 17.2 Å². The first-order chi connectivity index (χ1) is 9.20. The highest BCUT2D eigenvalue weighted by Gasteiger charge is 2.22. The van der Waals surface area contributed by atoms with Crippen LogP contribution in [-0.2, 0) is 4.74 Å². The van der Waals surface area contributed by atoms with Gasteiger partial charge in [0, 0.05) is 13.2 Å². The average Bonchev–Trinajstić information content (AvgIpc) is 3.06. The number of aliphatic hydroxyl groups excluding tert-OH is 1. The molecule has 0 aliphatic carbocycles. The number of thiazole rings is 1. The van der Waals surface area contributed by atoms with Gasteiger partial charge in [0.25, 0.3) is 5.91 Å². The van der Waals surface area contributed by atoms with E-state index in [-0.39, 0.29) is 12.0 Å². The highest BCUT2D eigenvalue weighted by atomic mass is 32.1. The normalized spacial score (nSPS) is 20.4. The number of ether oxygens (including phenoxy) is 1. The summed E-state index contributed by atoms with van der Waals surface area (Å²) < 4.78 is 5.54. The van der Waals surface area contributed by atoms with Crippen molar-refractivity contribution < 1.29 is 14.6 Å². The second-order valence-electron chi connectivity index (χ2n) is 4.72. The summed E-state index contributed by atoms with van der Waals surface area (Å²) in [7, 11) is 0. The van der Waals surface area contributed by atoms with Crippen molar-refractivity contribution in [1.29, 1.82) is 0 Å². The zero-order valence-electron chi connectivity index (χ0n) is 11.1. The predicted octanol–water partition coefficient (Wildman–Crippen LogP) is 1.89. The average molecular weight is 284 g/mol. The Morgan fingerprint density at radius 3 is 3.26 bits per heavy atom. The Balaban J connectivity index is 1.85. The van der Waals surface area contributed by atoms with Gasteiger partial charge < -0.3 is 15.2 Å². The van der Waals surface area contributed by atoms with Crippen LogP contribution in [-0.4, -0.2) is 35.3 Å². The van der Waals surface area contributed by atoms with Gasteiger partial charge in [-0.15, -0.1) is 11.3 Å². The molecule has 1 aliphatic heterocycles. The third kappa shape index (κ3) is 3.99. The Labute approximate surface area is 117 Å². The van der Waals surface area contributed by atoms with E-state index in [0.717, 1.165) is 30.9 Å². The quantitative estimate of drug-likeness (QED) is 0.836. The van der Waals surface area contributed by atoms with Gasteiger partial charge in [-0.2, -0.15) is 0 Å². The van der Waals surface area contributed by atoms with Crippen molar-refractivity contribution in [3.8, 4) is 0 Å². The van der Waals surface area contributed by atoms with Crippen molar-refractivity contribution in [2.75, 3.05) is 13.2 Å². The van der Waals surface area contributed by atoms with Gasteiger partial charge in [0.15, 0.2) is 0 Å². The highest BCUT2D eigenvalue weighted by Crippen LogP contribution is 2.31. The molecule has 2 N–H and O–H groups in total. The lowest BCUT2D eigenvalue weighted by Gasteiger charge is -2.09. The molecule has 106 valence electrons. The van der Waals surface area contributed by atoms with E-state index in [9.17, 15) is 9.90 Å². The molecule has 2 unspecified atom stereocenters. The lowest BCUT2D eigenvalue weighted by atomic mass is 10.2. The van der Waals surface area contributed by atoms with Crippen molar-refractivity contribution in [3.05, 3.63) is 16.1 Å². The summed E-state index contributed by atoms with van der Waals surface area (Å²) in [6.07, 6.45) is 4.80. The SMILES string of the molecule is CCCC(O)CNC(=O)c1cnc(C2CCCO2)s1. The maximum absolute atomic E-state index is 11.9. The van der Waals surface area contributed by atoms with Crippen LogP contribution in [0.1, 0.15) is 53.4 Å². The fourth-order valence-electron chi connectivity index (χ4n) is 2.05. The van der Waals surface area contributed by atoms with Gasteiger partial charge in [-0.1, -0.05) is 13.3 Å². The Morgan fingerprint density at radius 2 is 2.58 bits per heavy atom. The third-order valence-corrected chi connectivity index (χ3v) is 4.16. The van der Waals surface area contributed by atoms with Gasteiger partial charge in [-0.25, -0.2) is 4.98 Å². The van der Waals surface area contributed by atoms with Crippen LogP contribution in [0.25, 0.3) is 0 Å². The molecule has 0 aromatic carbocycles. The molecule has 1 aliphatic rings. The van der Waals surface area contributed by atoms with E-state index in [1.54, 1.807) is 6.20 Å². The number of aliphatic hydroxyl groups is 1. The monoisotopic (exact) mass is 284 g/mol. The molecule has 1 amide bonds. The summed E-state index contributed by atoms with van der Waals surface area (Å²) in [4.78, 5) is 16.7. The Hall–Kier alpha value is -0.980. The molecular formula is C13H20N2O3S. The lowest BCUT2D eigenvalue weighted by Crippen LogP contribution is -2.31. The van der Waals surface area contributed by atoms with Crippen LogP contribution in [0.5, 0.6) is 0 Å². The summed E-state index contributed by atoms with van der Waals surface area (Å²) in [5, 5.41) is 13.2. The zero-order valence-corrected chi connectivity index (χ0v) is 11.9. The molecule has 1 aromatic heterocycles. The number of carbonyl (C=O) groups is 1. The standard InChI is InChI=1S/C13H20N2O3S/c1-2-4-9(16)7-14-12(17)11-8-15-13(19-11)10-5-3-6-18-10/h8-10,16H,2-7H2,1H3,(H,14,17). The van der Waals surface area contributed by atoms with Crippen LogP contribution in [0.2, 0.25) is 0 Å². The smallest absolute Gasteiger partial charge is 0.263 e. The lowest BCUT2D eigenvalue weighted by molar-refractivity contribution is 0.0914. The maximum atomic E-state index is 11.9. The summed E-state index contributed by atoms with van der Waals surface area (Å²) in [6, 6.07) is 0. The van der Waals surface area contributed by atoms with Crippen LogP contribution in [0, 0.1) is 0 Å². The first-order valence-electron chi connectivity index (χ1n) is 6.74. The van der Waals surface area contributed by atoms with Crippen molar-refractivity contribution in [3.63, 3.8) is 0 Å². The van der Waals surface area contributed by atoms with Crippen molar-refractivity contribution in [1.82, 2.24) is 10.3 Å². The number of carbonyl (C=O) groups excluding carboxylic acids is 1. The highest BCUT2D eigenvalue weighted by molar-refractivity contribution is 7.13. The molecule has 0 bridgehead atoms. The number of rotatable bonds is 6. The molecule has 1 saturated heterocycles. The maximum Gasteiger partial charge on any atom is 0.263 e. The van der Waals surface area contributed by atoms with Crippen LogP contribution in [0.4, 0.5) is 0 Å². The largest absolute Gasteiger partial charge is 0.391 e. The molecule has 2 heterocycles. The van der Waals surface area contributed by atoms with Crippen LogP contribution in [0.3, 0.4) is 0 Å². The Bertz CT molecular complexity index is 416. The van der Waals surface area contributed by atoms with Gasteiger partial charge in [-0.3, -0.25) is 4.79 Å². The second kappa shape index (κ2) is 6.98. The van der Waals surface area contributed by atoms with E-state index >= 15 is 0 Å². The second-order valence-corrected chi connectivity index (χ2v) is 5.78. The minimum absolute atomic E-state index is 0.0530.